The van der Waals surface area contributed by atoms with Crippen LogP contribution >= 0.6 is 0 Å². The van der Waals surface area contributed by atoms with E-state index in [-0.39, 0.29) is 0 Å². The summed E-state index contributed by atoms with van der Waals surface area (Å²) in [6.07, 6.45) is 0.331. The second-order valence-corrected chi connectivity index (χ2v) is 4.48. The summed E-state index contributed by atoms with van der Waals surface area (Å²) in [6.45, 7) is 6.94. The monoisotopic (exact) mass is 235 g/mol. The SMILES string of the molecule is CCN(CC)[C@@H]1COc2ccccc2[C@H](O)C1. The summed E-state index contributed by atoms with van der Waals surface area (Å²) in [4.78, 5) is 2.34. The van der Waals surface area contributed by atoms with Crippen molar-refractivity contribution in [2.45, 2.75) is 32.4 Å². The molecule has 0 aromatic heterocycles. The van der Waals surface area contributed by atoms with Crippen LogP contribution in [0.5, 0.6) is 5.75 Å². The molecule has 0 saturated carbocycles. The summed E-state index contributed by atoms with van der Waals surface area (Å²) in [5.41, 5.74) is 0.919. The number of benzene rings is 1. The number of ether oxygens (including phenoxy) is 1. The molecule has 0 aliphatic carbocycles. The first-order chi connectivity index (χ1) is 8.26. The van der Waals surface area contributed by atoms with Crippen LogP contribution < -0.4 is 4.74 Å². The van der Waals surface area contributed by atoms with Gasteiger partial charge in [-0.05, 0) is 25.6 Å². The smallest absolute Gasteiger partial charge is 0.125 e. The zero-order valence-corrected chi connectivity index (χ0v) is 10.6. The lowest BCUT2D eigenvalue weighted by Gasteiger charge is -2.28. The third-order valence-corrected chi connectivity index (χ3v) is 3.53. The minimum atomic E-state index is -0.417. The van der Waals surface area contributed by atoms with Gasteiger partial charge >= 0.3 is 0 Å². The van der Waals surface area contributed by atoms with Crippen LogP contribution in [0, 0.1) is 0 Å². The molecule has 2 atom stereocenters. The van der Waals surface area contributed by atoms with Crippen LogP contribution in [0.1, 0.15) is 31.9 Å². The van der Waals surface area contributed by atoms with Gasteiger partial charge < -0.3 is 9.84 Å². The first kappa shape index (κ1) is 12.4. The summed E-state index contributed by atoms with van der Waals surface area (Å²) >= 11 is 0. The van der Waals surface area contributed by atoms with Crippen molar-refractivity contribution in [1.29, 1.82) is 0 Å². The van der Waals surface area contributed by atoms with Gasteiger partial charge in [-0.15, -0.1) is 0 Å². The summed E-state index contributed by atoms with van der Waals surface area (Å²) in [5, 5.41) is 10.2. The van der Waals surface area contributed by atoms with Crippen molar-refractivity contribution in [3.8, 4) is 5.75 Å². The average Bonchev–Trinajstić information content (AvgIpc) is 2.52. The standard InChI is InChI=1S/C14H21NO2/c1-3-15(4-2)11-9-13(16)12-7-5-6-8-14(12)17-10-11/h5-8,11,13,16H,3-4,9-10H2,1-2H3/t11-,13+/m0/s1. The molecular weight excluding hydrogens is 214 g/mol. The number of fused-ring (bicyclic) bond motifs is 1. The molecule has 3 nitrogen and oxygen atoms in total. The molecule has 94 valence electrons. The van der Waals surface area contributed by atoms with Crippen molar-refractivity contribution in [2.24, 2.45) is 0 Å². The van der Waals surface area contributed by atoms with E-state index in [4.69, 9.17) is 4.74 Å². The fourth-order valence-corrected chi connectivity index (χ4v) is 2.52. The molecule has 0 spiro atoms. The van der Waals surface area contributed by atoms with Gasteiger partial charge in [-0.25, -0.2) is 0 Å². The van der Waals surface area contributed by atoms with Gasteiger partial charge in [-0.1, -0.05) is 32.0 Å². The lowest BCUT2D eigenvalue weighted by Crippen LogP contribution is -2.39. The topological polar surface area (TPSA) is 32.7 Å². The third-order valence-electron chi connectivity index (χ3n) is 3.53. The van der Waals surface area contributed by atoms with Gasteiger partial charge in [0.2, 0.25) is 0 Å². The fourth-order valence-electron chi connectivity index (χ4n) is 2.52. The van der Waals surface area contributed by atoms with E-state index in [1.54, 1.807) is 0 Å². The molecule has 1 N–H and O–H groups in total. The van der Waals surface area contributed by atoms with Crippen LogP contribution in [0.3, 0.4) is 0 Å². The highest BCUT2D eigenvalue weighted by molar-refractivity contribution is 5.36. The predicted octanol–water partition coefficient (Wildman–Crippen LogP) is 2.21. The summed E-state index contributed by atoms with van der Waals surface area (Å²) in [5.74, 6) is 0.828. The van der Waals surface area contributed by atoms with Crippen molar-refractivity contribution >= 4 is 0 Å². The second kappa shape index (κ2) is 5.52. The summed E-state index contributed by atoms with van der Waals surface area (Å²) < 4.78 is 5.81. The van der Waals surface area contributed by atoms with Gasteiger partial charge in [-0.2, -0.15) is 0 Å². The normalized spacial score (nSPS) is 24.0. The third kappa shape index (κ3) is 2.61. The molecule has 1 aliphatic rings. The van der Waals surface area contributed by atoms with Crippen molar-refractivity contribution in [2.75, 3.05) is 19.7 Å². The lowest BCUT2D eigenvalue weighted by atomic mass is 10.0. The Balaban J connectivity index is 2.17. The van der Waals surface area contributed by atoms with Crippen LogP contribution in [0.4, 0.5) is 0 Å². The van der Waals surface area contributed by atoms with E-state index in [0.717, 1.165) is 30.8 Å². The van der Waals surface area contributed by atoms with Crippen molar-refractivity contribution in [1.82, 2.24) is 4.90 Å². The Bertz CT molecular complexity index is 363. The van der Waals surface area contributed by atoms with Crippen molar-refractivity contribution in [3.05, 3.63) is 29.8 Å². The average molecular weight is 235 g/mol. The lowest BCUT2D eigenvalue weighted by molar-refractivity contribution is 0.0946. The first-order valence-corrected chi connectivity index (χ1v) is 6.40. The molecule has 1 aliphatic heterocycles. The Kier molecular flexibility index (Phi) is 4.02. The van der Waals surface area contributed by atoms with Gasteiger partial charge in [0.15, 0.2) is 0 Å². The highest BCUT2D eigenvalue weighted by atomic mass is 16.5. The number of aliphatic hydroxyl groups excluding tert-OH is 1. The zero-order chi connectivity index (χ0) is 12.3. The number of likely N-dealkylation sites (N-methyl/N-ethyl adjacent to an activating group) is 1. The maximum atomic E-state index is 10.2. The van der Waals surface area contributed by atoms with Gasteiger partial charge in [-0.3, -0.25) is 4.90 Å². The van der Waals surface area contributed by atoms with Gasteiger partial charge in [0, 0.05) is 11.6 Å². The van der Waals surface area contributed by atoms with E-state index in [9.17, 15) is 5.11 Å². The number of aliphatic hydroxyl groups is 1. The molecule has 0 bridgehead atoms. The Morgan fingerprint density at radius 2 is 2.00 bits per heavy atom. The highest BCUT2D eigenvalue weighted by Crippen LogP contribution is 2.32. The Hall–Kier alpha value is -1.06. The number of hydrogen-bond donors (Lipinski definition) is 1. The molecular formula is C14H21NO2. The molecule has 0 radical (unpaired) electrons. The number of hydrogen-bond acceptors (Lipinski definition) is 3. The molecule has 1 aromatic carbocycles. The van der Waals surface area contributed by atoms with Crippen molar-refractivity contribution in [3.63, 3.8) is 0 Å². The van der Waals surface area contributed by atoms with Gasteiger partial charge in [0.05, 0.1) is 6.10 Å². The van der Waals surface area contributed by atoms with Crippen LogP contribution in [0.15, 0.2) is 24.3 Å². The predicted molar refractivity (Wildman–Crippen MR) is 68.2 cm³/mol. The molecule has 0 amide bonds. The van der Waals surface area contributed by atoms with E-state index >= 15 is 0 Å². The minimum absolute atomic E-state index is 0.299. The zero-order valence-electron chi connectivity index (χ0n) is 10.6. The van der Waals surface area contributed by atoms with Gasteiger partial charge in [0.1, 0.15) is 12.4 Å². The van der Waals surface area contributed by atoms with Crippen LogP contribution in [-0.2, 0) is 0 Å². The highest BCUT2D eigenvalue weighted by Gasteiger charge is 2.26. The van der Waals surface area contributed by atoms with Gasteiger partial charge in [0.25, 0.3) is 0 Å². The number of rotatable bonds is 3. The van der Waals surface area contributed by atoms with E-state index in [0.29, 0.717) is 12.6 Å². The Morgan fingerprint density at radius 1 is 1.29 bits per heavy atom. The van der Waals surface area contributed by atoms with E-state index in [2.05, 4.69) is 18.7 Å². The van der Waals surface area contributed by atoms with Crippen LogP contribution in [-0.4, -0.2) is 35.7 Å². The van der Waals surface area contributed by atoms with Crippen LogP contribution in [0.25, 0.3) is 0 Å². The Morgan fingerprint density at radius 3 is 2.71 bits per heavy atom. The molecule has 0 unspecified atom stereocenters. The van der Waals surface area contributed by atoms with Crippen molar-refractivity contribution < 1.29 is 9.84 Å². The largest absolute Gasteiger partial charge is 0.492 e. The van der Waals surface area contributed by atoms with E-state index < -0.39 is 6.10 Å². The molecule has 1 heterocycles. The maximum absolute atomic E-state index is 10.2. The molecule has 2 rings (SSSR count). The molecule has 0 saturated heterocycles. The maximum Gasteiger partial charge on any atom is 0.125 e. The second-order valence-electron chi connectivity index (χ2n) is 4.48. The molecule has 3 heteroatoms. The first-order valence-electron chi connectivity index (χ1n) is 6.40. The van der Waals surface area contributed by atoms with E-state index in [1.165, 1.54) is 0 Å². The summed E-state index contributed by atoms with van der Waals surface area (Å²) in [7, 11) is 0. The van der Waals surface area contributed by atoms with E-state index in [1.807, 2.05) is 24.3 Å². The number of nitrogens with zero attached hydrogens (tertiary/aromatic N) is 1. The number of para-hydroxylation sites is 1. The molecule has 17 heavy (non-hydrogen) atoms. The summed E-state index contributed by atoms with van der Waals surface area (Å²) in [6, 6.07) is 8.08. The fraction of sp³-hybridized carbons (Fsp3) is 0.571. The quantitative estimate of drug-likeness (QED) is 0.872. The van der Waals surface area contributed by atoms with Crippen LogP contribution in [0.2, 0.25) is 0 Å². The minimum Gasteiger partial charge on any atom is -0.492 e. The molecule has 0 fully saturated rings. The molecule has 1 aromatic rings. The Labute approximate surface area is 103 Å².